The minimum absolute atomic E-state index is 0.100. The summed E-state index contributed by atoms with van der Waals surface area (Å²) in [4.78, 5) is 14.6. The van der Waals surface area contributed by atoms with Gasteiger partial charge in [-0.3, -0.25) is 9.78 Å². The molecule has 94 valence electrons. The molecule has 1 aromatic heterocycles. The molecule has 0 fully saturated rings. The van der Waals surface area contributed by atoms with E-state index in [0.717, 1.165) is 5.56 Å². The number of aromatic nitrogens is 1. The average molecular weight is 246 g/mol. The van der Waals surface area contributed by atoms with E-state index < -0.39 is 17.5 Å². The van der Waals surface area contributed by atoms with Crippen LogP contribution in [0.25, 0.3) is 0 Å². The molecule has 0 aliphatic carbocycles. The largest absolute Gasteiger partial charge is 0.471 e. The summed E-state index contributed by atoms with van der Waals surface area (Å²) < 4.78 is 36.0. The van der Waals surface area contributed by atoms with Gasteiger partial charge in [0, 0.05) is 24.4 Å². The third-order valence-corrected chi connectivity index (χ3v) is 2.39. The van der Waals surface area contributed by atoms with Gasteiger partial charge in [-0.2, -0.15) is 13.2 Å². The van der Waals surface area contributed by atoms with Gasteiger partial charge in [0.15, 0.2) is 0 Å². The zero-order valence-electron chi connectivity index (χ0n) is 9.51. The number of nitrogens with one attached hydrogen (secondary N) is 1. The van der Waals surface area contributed by atoms with Crippen molar-refractivity contribution in [2.24, 2.45) is 0 Å². The second kappa shape index (κ2) is 4.73. The van der Waals surface area contributed by atoms with Gasteiger partial charge in [-0.1, -0.05) is 19.9 Å². The van der Waals surface area contributed by atoms with Crippen molar-refractivity contribution in [1.82, 2.24) is 10.3 Å². The Labute approximate surface area is 97.0 Å². The molecule has 0 spiro atoms. The van der Waals surface area contributed by atoms with Crippen molar-refractivity contribution in [1.29, 1.82) is 0 Å². The van der Waals surface area contributed by atoms with Crippen molar-refractivity contribution in [2.45, 2.75) is 25.4 Å². The van der Waals surface area contributed by atoms with Gasteiger partial charge in [-0.05, 0) is 11.6 Å². The second-order valence-electron chi connectivity index (χ2n) is 4.31. The Morgan fingerprint density at radius 2 is 2.06 bits per heavy atom. The highest BCUT2D eigenvalue weighted by Crippen LogP contribution is 2.22. The molecule has 0 saturated carbocycles. The zero-order chi connectivity index (χ0) is 13.1. The first-order chi connectivity index (χ1) is 7.73. The molecule has 0 unspecified atom stereocenters. The molecule has 1 amide bonds. The van der Waals surface area contributed by atoms with Crippen LogP contribution in [0.5, 0.6) is 0 Å². The fraction of sp³-hybridized carbons (Fsp3) is 0.455. The Morgan fingerprint density at radius 3 is 2.53 bits per heavy atom. The summed E-state index contributed by atoms with van der Waals surface area (Å²) in [7, 11) is 0. The molecule has 6 heteroatoms. The van der Waals surface area contributed by atoms with Crippen molar-refractivity contribution in [2.75, 3.05) is 6.54 Å². The lowest BCUT2D eigenvalue weighted by Crippen LogP contribution is -2.43. The highest BCUT2D eigenvalue weighted by atomic mass is 19.4. The number of rotatable bonds is 3. The minimum atomic E-state index is -4.84. The van der Waals surface area contributed by atoms with Gasteiger partial charge in [-0.25, -0.2) is 0 Å². The smallest absolute Gasteiger partial charge is 0.347 e. The zero-order valence-corrected chi connectivity index (χ0v) is 9.51. The van der Waals surface area contributed by atoms with E-state index in [1.54, 1.807) is 38.4 Å². The van der Waals surface area contributed by atoms with Gasteiger partial charge in [-0.15, -0.1) is 0 Å². The maximum Gasteiger partial charge on any atom is 0.471 e. The van der Waals surface area contributed by atoms with E-state index in [9.17, 15) is 18.0 Å². The van der Waals surface area contributed by atoms with Crippen LogP contribution in [-0.2, 0) is 10.2 Å². The first-order valence-electron chi connectivity index (χ1n) is 4.99. The van der Waals surface area contributed by atoms with Crippen LogP contribution >= 0.6 is 0 Å². The quantitative estimate of drug-likeness (QED) is 0.886. The lowest BCUT2D eigenvalue weighted by Gasteiger charge is -2.25. The average Bonchev–Trinajstić information content (AvgIpc) is 2.26. The molecule has 1 aromatic rings. The molecule has 1 N–H and O–H groups in total. The van der Waals surface area contributed by atoms with E-state index in [2.05, 4.69) is 4.98 Å². The standard InChI is InChI=1S/C11H13F3N2O/c1-10(2,8-4-3-5-15-6-8)7-16-9(17)11(12,13)14/h3-6H,7H2,1-2H3,(H,16,17). The van der Waals surface area contributed by atoms with E-state index in [1.165, 1.54) is 0 Å². The van der Waals surface area contributed by atoms with Crippen LogP contribution < -0.4 is 5.32 Å². The summed E-state index contributed by atoms with van der Waals surface area (Å²) in [5.41, 5.74) is 0.164. The van der Waals surface area contributed by atoms with Crippen LogP contribution in [0, 0.1) is 0 Å². The van der Waals surface area contributed by atoms with Crippen LogP contribution in [0.3, 0.4) is 0 Å². The molecular formula is C11H13F3N2O. The number of carbonyl (C=O) groups is 1. The third-order valence-electron chi connectivity index (χ3n) is 2.39. The highest BCUT2D eigenvalue weighted by Gasteiger charge is 2.39. The monoisotopic (exact) mass is 246 g/mol. The number of amides is 1. The number of hydrogen-bond donors (Lipinski definition) is 1. The Kier molecular flexibility index (Phi) is 3.75. The number of halogens is 3. The lowest BCUT2D eigenvalue weighted by molar-refractivity contribution is -0.173. The van der Waals surface area contributed by atoms with Gasteiger partial charge >= 0.3 is 12.1 Å². The second-order valence-corrected chi connectivity index (χ2v) is 4.31. The normalized spacial score (nSPS) is 12.3. The Bertz CT molecular complexity index is 387. The molecule has 0 saturated heterocycles. The first kappa shape index (κ1) is 13.5. The van der Waals surface area contributed by atoms with Crippen molar-refractivity contribution >= 4 is 5.91 Å². The number of carbonyl (C=O) groups excluding carboxylic acids is 1. The topological polar surface area (TPSA) is 42.0 Å². The molecule has 0 aromatic carbocycles. The van der Waals surface area contributed by atoms with Crippen LogP contribution in [0.15, 0.2) is 24.5 Å². The van der Waals surface area contributed by atoms with Gasteiger partial charge in [0.1, 0.15) is 0 Å². The molecule has 0 aliphatic rings. The molecule has 0 radical (unpaired) electrons. The Hall–Kier alpha value is -1.59. The maximum atomic E-state index is 12.0. The number of hydrogen-bond acceptors (Lipinski definition) is 2. The first-order valence-corrected chi connectivity index (χ1v) is 4.99. The summed E-state index contributed by atoms with van der Waals surface area (Å²) in [5, 5.41) is 1.87. The van der Waals surface area contributed by atoms with Gasteiger partial charge in [0.2, 0.25) is 0 Å². The summed E-state index contributed by atoms with van der Waals surface area (Å²) in [6, 6.07) is 3.45. The van der Waals surface area contributed by atoms with E-state index in [1.807, 2.05) is 5.32 Å². The highest BCUT2D eigenvalue weighted by molar-refractivity contribution is 5.81. The predicted octanol–water partition coefficient (Wildman–Crippen LogP) is 2.04. The van der Waals surface area contributed by atoms with Gasteiger partial charge in [0.25, 0.3) is 0 Å². The molecule has 1 heterocycles. The van der Waals surface area contributed by atoms with E-state index in [-0.39, 0.29) is 6.54 Å². The third kappa shape index (κ3) is 3.72. The van der Waals surface area contributed by atoms with Gasteiger partial charge in [0.05, 0.1) is 0 Å². The molecule has 3 nitrogen and oxygen atoms in total. The maximum absolute atomic E-state index is 12.0. The minimum Gasteiger partial charge on any atom is -0.347 e. The summed E-state index contributed by atoms with van der Waals surface area (Å²) >= 11 is 0. The molecule has 0 bridgehead atoms. The van der Waals surface area contributed by atoms with Crippen molar-refractivity contribution < 1.29 is 18.0 Å². The lowest BCUT2D eigenvalue weighted by atomic mass is 9.86. The Balaban J connectivity index is 2.66. The van der Waals surface area contributed by atoms with Crippen LogP contribution in [0.4, 0.5) is 13.2 Å². The molecular weight excluding hydrogens is 233 g/mol. The van der Waals surface area contributed by atoms with Crippen LogP contribution in [0.2, 0.25) is 0 Å². The van der Waals surface area contributed by atoms with E-state index >= 15 is 0 Å². The summed E-state index contributed by atoms with van der Waals surface area (Å²) in [5.74, 6) is -1.92. The van der Waals surface area contributed by atoms with Crippen molar-refractivity contribution in [3.63, 3.8) is 0 Å². The summed E-state index contributed by atoms with van der Waals surface area (Å²) in [6.45, 7) is 3.37. The van der Waals surface area contributed by atoms with Crippen LogP contribution in [0.1, 0.15) is 19.4 Å². The van der Waals surface area contributed by atoms with E-state index in [0.29, 0.717) is 0 Å². The van der Waals surface area contributed by atoms with Crippen LogP contribution in [-0.4, -0.2) is 23.6 Å². The number of nitrogens with zero attached hydrogens (tertiary/aromatic N) is 1. The fourth-order valence-electron chi connectivity index (χ4n) is 1.27. The Morgan fingerprint density at radius 1 is 1.41 bits per heavy atom. The van der Waals surface area contributed by atoms with E-state index in [4.69, 9.17) is 0 Å². The number of pyridine rings is 1. The SMILES string of the molecule is CC(C)(CNC(=O)C(F)(F)F)c1cccnc1. The molecule has 1 rings (SSSR count). The predicted molar refractivity (Wildman–Crippen MR) is 56.3 cm³/mol. The molecule has 17 heavy (non-hydrogen) atoms. The summed E-state index contributed by atoms with van der Waals surface area (Å²) in [6.07, 6.45) is -1.70. The molecule has 0 atom stereocenters. The van der Waals surface area contributed by atoms with Crippen molar-refractivity contribution in [3.05, 3.63) is 30.1 Å². The van der Waals surface area contributed by atoms with Gasteiger partial charge < -0.3 is 5.32 Å². The fourth-order valence-corrected chi connectivity index (χ4v) is 1.27. The van der Waals surface area contributed by atoms with Crippen molar-refractivity contribution in [3.8, 4) is 0 Å². The molecule has 0 aliphatic heterocycles. The number of alkyl halides is 3.